The molecule has 0 fully saturated rings. The van der Waals surface area contributed by atoms with Crippen LogP contribution in [0.25, 0.3) is 5.65 Å². The van der Waals surface area contributed by atoms with Gasteiger partial charge in [-0.3, -0.25) is 4.79 Å². The molecule has 5 nitrogen and oxygen atoms in total. The minimum Gasteiger partial charge on any atom is -0.494 e. The first-order valence-corrected chi connectivity index (χ1v) is 9.04. The van der Waals surface area contributed by atoms with Gasteiger partial charge in [-0.15, -0.1) is 0 Å². The van der Waals surface area contributed by atoms with Crippen molar-refractivity contribution in [3.63, 3.8) is 0 Å². The number of aryl methyl sites for hydroxylation is 2. The number of fused-ring (bicyclic) bond motifs is 1. The molecular formula is C21H25N3O2. The van der Waals surface area contributed by atoms with E-state index in [0.29, 0.717) is 0 Å². The summed E-state index contributed by atoms with van der Waals surface area (Å²) in [6, 6.07) is 11.5. The number of anilines is 1. The summed E-state index contributed by atoms with van der Waals surface area (Å²) in [7, 11) is 0. The largest absolute Gasteiger partial charge is 0.494 e. The number of aromatic nitrogens is 2. The molecule has 2 aromatic heterocycles. The quantitative estimate of drug-likeness (QED) is 0.645. The van der Waals surface area contributed by atoms with Crippen molar-refractivity contribution in [2.24, 2.45) is 0 Å². The number of imidazole rings is 1. The number of pyridine rings is 1. The standard InChI is InChI=1S/C21H25N3O2/c1-4-5-13-26-18-10-8-17(9-11-18)23-20(25)14-19-16(3)22-21-15(2)7-6-12-24(19)21/h6-12H,4-5,13-14H2,1-3H3,(H,23,25). The summed E-state index contributed by atoms with van der Waals surface area (Å²) < 4.78 is 7.64. The van der Waals surface area contributed by atoms with Crippen LogP contribution in [0.5, 0.6) is 5.75 Å². The maximum Gasteiger partial charge on any atom is 0.230 e. The van der Waals surface area contributed by atoms with E-state index < -0.39 is 0 Å². The highest BCUT2D eigenvalue weighted by molar-refractivity contribution is 5.92. The van der Waals surface area contributed by atoms with Crippen LogP contribution in [0, 0.1) is 13.8 Å². The zero-order chi connectivity index (χ0) is 18.5. The van der Waals surface area contributed by atoms with Crippen LogP contribution >= 0.6 is 0 Å². The van der Waals surface area contributed by atoms with E-state index in [1.807, 2.05) is 60.8 Å². The minimum absolute atomic E-state index is 0.0592. The predicted octanol–water partition coefficient (Wildman–Crippen LogP) is 4.31. The number of benzene rings is 1. The summed E-state index contributed by atoms with van der Waals surface area (Å²) in [5.41, 5.74) is 4.57. The van der Waals surface area contributed by atoms with E-state index in [0.717, 1.165) is 53.5 Å². The zero-order valence-electron chi connectivity index (χ0n) is 15.6. The van der Waals surface area contributed by atoms with Crippen molar-refractivity contribution in [2.75, 3.05) is 11.9 Å². The lowest BCUT2D eigenvalue weighted by molar-refractivity contribution is -0.115. The normalized spacial score (nSPS) is 10.9. The molecule has 0 atom stereocenters. The summed E-state index contributed by atoms with van der Waals surface area (Å²) in [5.74, 6) is 0.764. The van der Waals surface area contributed by atoms with Crippen molar-refractivity contribution in [2.45, 2.75) is 40.0 Å². The number of nitrogens with one attached hydrogen (secondary N) is 1. The molecule has 0 aliphatic rings. The third-order valence-electron chi connectivity index (χ3n) is 4.38. The second-order valence-electron chi connectivity index (χ2n) is 6.48. The van der Waals surface area contributed by atoms with Crippen LogP contribution < -0.4 is 10.1 Å². The highest BCUT2D eigenvalue weighted by Gasteiger charge is 2.14. The molecule has 0 saturated heterocycles. The van der Waals surface area contributed by atoms with Crippen molar-refractivity contribution in [3.8, 4) is 5.75 Å². The average Bonchev–Trinajstić information content (AvgIpc) is 2.94. The molecule has 0 aliphatic carbocycles. The van der Waals surface area contributed by atoms with Gasteiger partial charge in [-0.1, -0.05) is 19.4 Å². The first-order valence-electron chi connectivity index (χ1n) is 9.04. The molecule has 2 heterocycles. The van der Waals surface area contributed by atoms with E-state index >= 15 is 0 Å². The predicted molar refractivity (Wildman–Crippen MR) is 104 cm³/mol. The molecule has 3 rings (SSSR count). The van der Waals surface area contributed by atoms with Gasteiger partial charge in [0.2, 0.25) is 5.91 Å². The van der Waals surface area contributed by atoms with Crippen LogP contribution in [0.4, 0.5) is 5.69 Å². The Labute approximate surface area is 154 Å². The molecule has 1 amide bonds. The van der Waals surface area contributed by atoms with Gasteiger partial charge in [0, 0.05) is 11.9 Å². The van der Waals surface area contributed by atoms with Gasteiger partial charge >= 0.3 is 0 Å². The number of rotatable bonds is 7. The number of nitrogens with zero attached hydrogens (tertiary/aromatic N) is 2. The van der Waals surface area contributed by atoms with Crippen LogP contribution in [0.1, 0.15) is 36.7 Å². The van der Waals surface area contributed by atoms with Gasteiger partial charge in [0.1, 0.15) is 11.4 Å². The molecule has 0 radical (unpaired) electrons. The molecule has 0 saturated carbocycles. The molecule has 0 unspecified atom stereocenters. The molecule has 0 bridgehead atoms. The number of hydrogen-bond donors (Lipinski definition) is 1. The van der Waals surface area contributed by atoms with Gasteiger partial charge in [0.25, 0.3) is 0 Å². The molecule has 136 valence electrons. The summed E-state index contributed by atoms with van der Waals surface area (Å²) in [6.07, 6.45) is 4.38. The number of hydrogen-bond acceptors (Lipinski definition) is 3. The Morgan fingerprint density at radius 2 is 1.96 bits per heavy atom. The minimum atomic E-state index is -0.0592. The van der Waals surface area contributed by atoms with Gasteiger partial charge in [-0.25, -0.2) is 4.98 Å². The molecule has 0 spiro atoms. The monoisotopic (exact) mass is 351 g/mol. The van der Waals surface area contributed by atoms with Crippen LogP contribution in [0.2, 0.25) is 0 Å². The van der Waals surface area contributed by atoms with E-state index in [2.05, 4.69) is 17.2 Å². The van der Waals surface area contributed by atoms with E-state index in [-0.39, 0.29) is 12.3 Å². The van der Waals surface area contributed by atoms with Crippen molar-refractivity contribution in [1.29, 1.82) is 0 Å². The smallest absolute Gasteiger partial charge is 0.230 e. The van der Waals surface area contributed by atoms with Crippen molar-refractivity contribution in [1.82, 2.24) is 9.38 Å². The summed E-state index contributed by atoms with van der Waals surface area (Å²) in [5, 5.41) is 2.95. The Bertz CT molecular complexity index is 898. The fourth-order valence-corrected chi connectivity index (χ4v) is 2.91. The molecule has 1 N–H and O–H groups in total. The molecule has 1 aromatic carbocycles. The van der Waals surface area contributed by atoms with Crippen LogP contribution in [-0.2, 0) is 11.2 Å². The average molecular weight is 351 g/mol. The number of carbonyl (C=O) groups is 1. The fourth-order valence-electron chi connectivity index (χ4n) is 2.91. The summed E-state index contributed by atoms with van der Waals surface area (Å²) in [4.78, 5) is 17.1. The lowest BCUT2D eigenvalue weighted by atomic mass is 10.2. The van der Waals surface area contributed by atoms with Gasteiger partial charge < -0.3 is 14.5 Å². The third kappa shape index (κ3) is 4.04. The maximum absolute atomic E-state index is 12.5. The zero-order valence-corrected chi connectivity index (χ0v) is 15.6. The highest BCUT2D eigenvalue weighted by Crippen LogP contribution is 2.18. The Morgan fingerprint density at radius 3 is 2.69 bits per heavy atom. The number of ether oxygens (including phenoxy) is 1. The SMILES string of the molecule is CCCCOc1ccc(NC(=O)Cc2c(C)nc3c(C)cccn23)cc1. The molecule has 3 aromatic rings. The molecule has 26 heavy (non-hydrogen) atoms. The Morgan fingerprint density at radius 1 is 1.19 bits per heavy atom. The lowest BCUT2D eigenvalue weighted by Gasteiger charge is -2.08. The van der Waals surface area contributed by atoms with E-state index in [4.69, 9.17) is 4.74 Å². The van der Waals surface area contributed by atoms with Crippen LogP contribution in [0.3, 0.4) is 0 Å². The maximum atomic E-state index is 12.5. The molecular weight excluding hydrogens is 326 g/mol. The van der Waals surface area contributed by atoms with Crippen LogP contribution in [-0.4, -0.2) is 21.9 Å². The first kappa shape index (κ1) is 18.0. The molecule has 0 aliphatic heterocycles. The van der Waals surface area contributed by atoms with E-state index in [1.54, 1.807) is 0 Å². The summed E-state index contributed by atoms with van der Waals surface area (Å²) >= 11 is 0. The van der Waals surface area contributed by atoms with Crippen molar-refractivity contribution < 1.29 is 9.53 Å². The Hall–Kier alpha value is -2.82. The number of amides is 1. The van der Waals surface area contributed by atoms with Gasteiger partial charge in [-0.2, -0.15) is 0 Å². The van der Waals surface area contributed by atoms with Crippen molar-refractivity contribution >= 4 is 17.2 Å². The second-order valence-corrected chi connectivity index (χ2v) is 6.48. The first-order chi connectivity index (χ1) is 12.6. The van der Waals surface area contributed by atoms with Gasteiger partial charge in [0.15, 0.2) is 0 Å². The third-order valence-corrected chi connectivity index (χ3v) is 4.38. The molecule has 5 heteroatoms. The fraction of sp³-hybridized carbons (Fsp3) is 0.333. The number of carbonyl (C=O) groups excluding carboxylic acids is 1. The second kappa shape index (κ2) is 8.04. The van der Waals surface area contributed by atoms with E-state index in [9.17, 15) is 4.79 Å². The lowest BCUT2D eigenvalue weighted by Crippen LogP contribution is -2.16. The topological polar surface area (TPSA) is 55.6 Å². The Balaban J connectivity index is 1.66. The Kier molecular flexibility index (Phi) is 5.56. The van der Waals surface area contributed by atoms with Crippen molar-refractivity contribution in [3.05, 3.63) is 59.5 Å². The summed E-state index contributed by atoms with van der Waals surface area (Å²) in [6.45, 7) is 6.82. The number of unbranched alkanes of at least 4 members (excludes halogenated alkanes) is 1. The van der Waals surface area contributed by atoms with E-state index in [1.165, 1.54) is 0 Å². The van der Waals surface area contributed by atoms with Gasteiger partial charge in [-0.05, 0) is 56.2 Å². The highest BCUT2D eigenvalue weighted by atomic mass is 16.5. The van der Waals surface area contributed by atoms with Crippen LogP contribution in [0.15, 0.2) is 42.6 Å². The van der Waals surface area contributed by atoms with Gasteiger partial charge in [0.05, 0.1) is 24.4 Å².